The summed E-state index contributed by atoms with van der Waals surface area (Å²) in [5, 5.41) is 0. The minimum atomic E-state index is 0.311. The number of rotatable bonds is 3. The van der Waals surface area contributed by atoms with Gasteiger partial charge in [0.15, 0.2) is 0 Å². The second kappa shape index (κ2) is 5.59. The molecule has 0 aromatic rings. The summed E-state index contributed by atoms with van der Waals surface area (Å²) in [5.74, 6) is 2.05. The summed E-state index contributed by atoms with van der Waals surface area (Å²) in [6, 6.07) is 0. The van der Waals surface area contributed by atoms with Crippen LogP contribution in [0.1, 0.15) is 33.1 Å². The smallest absolute Gasteiger partial charge is 0.222 e. The maximum Gasteiger partial charge on any atom is 0.222 e. The van der Waals surface area contributed by atoms with E-state index in [-0.39, 0.29) is 0 Å². The molecule has 1 amide bonds. The van der Waals surface area contributed by atoms with Crippen LogP contribution in [0.15, 0.2) is 0 Å². The minimum Gasteiger partial charge on any atom is -0.342 e. The van der Waals surface area contributed by atoms with Crippen LogP contribution >= 0.6 is 11.6 Å². The zero-order chi connectivity index (χ0) is 10.6. The van der Waals surface area contributed by atoms with E-state index in [1.165, 1.54) is 0 Å². The van der Waals surface area contributed by atoms with Crippen molar-refractivity contribution >= 4 is 17.5 Å². The van der Waals surface area contributed by atoms with Gasteiger partial charge >= 0.3 is 0 Å². The summed E-state index contributed by atoms with van der Waals surface area (Å²) in [6.45, 7) is 6.06. The quantitative estimate of drug-likeness (QED) is 0.666. The third-order valence-corrected chi connectivity index (χ3v) is 3.42. The Kier molecular flexibility index (Phi) is 4.73. The van der Waals surface area contributed by atoms with Crippen molar-refractivity contribution in [2.45, 2.75) is 33.1 Å². The van der Waals surface area contributed by atoms with Gasteiger partial charge in [0, 0.05) is 25.4 Å². The van der Waals surface area contributed by atoms with Gasteiger partial charge in [-0.25, -0.2) is 0 Å². The molecule has 0 aromatic heterocycles. The van der Waals surface area contributed by atoms with Gasteiger partial charge in [-0.3, -0.25) is 4.79 Å². The molecule has 0 radical (unpaired) electrons. The van der Waals surface area contributed by atoms with E-state index in [9.17, 15) is 4.79 Å². The Bertz CT molecular complexity index is 196. The first kappa shape index (κ1) is 11.8. The molecule has 14 heavy (non-hydrogen) atoms. The van der Waals surface area contributed by atoms with E-state index >= 15 is 0 Å². The van der Waals surface area contributed by atoms with Gasteiger partial charge in [0.1, 0.15) is 0 Å². The predicted molar refractivity (Wildman–Crippen MR) is 59.5 cm³/mol. The van der Waals surface area contributed by atoms with E-state index in [0.717, 1.165) is 32.4 Å². The third-order valence-electron chi connectivity index (χ3n) is 2.89. The Labute approximate surface area is 91.6 Å². The average Bonchev–Trinajstić information content (AvgIpc) is 2.33. The first-order chi connectivity index (χ1) is 6.63. The fourth-order valence-electron chi connectivity index (χ4n) is 1.79. The Balaban J connectivity index is 2.45. The molecule has 1 heterocycles. The highest BCUT2D eigenvalue weighted by molar-refractivity contribution is 6.18. The highest BCUT2D eigenvalue weighted by Crippen LogP contribution is 2.18. The van der Waals surface area contributed by atoms with Crippen LogP contribution in [0.4, 0.5) is 0 Å². The summed E-state index contributed by atoms with van der Waals surface area (Å²) >= 11 is 5.75. The number of nitrogens with zero attached hydrogens (tertiary/aromatic N) is 1. The number of alkyl halides is 1. The Morgan fingerprint density at radius 3 is 2.93 bits per heavy atom. The lowest BCUT2D eigenvalue weighted by atomic mass is 10.0. The van der Waals surface area contributed by atoms with Crippen LogP contribution in [-0.2, 0) is 4.79 Å². The van der Waals surface area contributed by atoms with Gasteiger partial charge in [-0.1, -0.05) is 13.8 Å². The summed E-state index contributed by atoms with van der Waals surface area (Å²) in [6.07, 6.45) is 2.90. The molecule has 0 aromatic carbocycles. The maximum atomic E-state index is 11.7. The van der Waals surface area contributed by atoms with E-state index in [1.807, 2.05) is 4.90 Å². The SMILES string of the molecule is CC1CCC(=O)N(CC(C)CCl)CC1. The Hall–Kier alpha value is -0.240. The fourth-order valence-corrected chi connectivity index (χ4v) is 1.89. The zero-order valence-electron chi connectivity index (χ0n) is 9.13. The van der Waals surface area contributed by atoms with Crippen molar-refractivity contribution < 1.29 is 4.79 Å². The number of likely N-dealkylation sites (tertiary alicyclic amines) is 1. The lowest BCUT2D eigenvalue weighted by Crippen LogP contribution is -2.34. The molecule has 0 aliphatic carbocycles. The predicted octanol–water partition coefficient (Wildman–Crippen LogP) is 2.51. The maximum absolute atomic E-state index is 11.7. The van der Waals surface area contributed by atoms with Crippen molar-refractivity contribution in [3.8, 4) is 0 Å². The van der Waals surface area contributed by atoms with Crippen LogP contribution < -0.4 is 0 Å². The number of hydrogen-bond acceptors (Lipinski definition) is 1. The summed E-state index contributed by atoms with van der Waals surface area (Å²) in [4.78, 5) is 13.7. The Morgan fingerprint density at radius 1 is 1.57 bits per heavy atom. The van der Waals surface area contributed by atoms with Crippen LogP contribution in [0.5, 0.6) is 0 Å². The molecule has 0 N–H and O–H groups in total. The number of carbonyl (C=O) groups is 1. The molecule has 1 aliphatic heterocycles. The van der Waals surface area contributed by atoms with Crippen molar-refractivity contribution in [2.75, 3.05) is 19.0 Å². The molecule has 82 valence electrons. The summed E-state index contributed by atoms with van der Waals surface area (Å²) < 4.78 is 0. The molecular weight excluding hydrogens is 198 g/mol. The average molecular weight is 218 g/mol. The molecule has 2 atom stereocenters. The van der Waals surface area contributed by atoms with E-state index < -0.39 is 0 Å². The van der Waals surface area contributed by atoms with E-state index in [2.05, 4.69) is 13.8 Å². The van der Waals surface area contributed by atoms with Crippen molar-refractivity contribution in [1.29, 1.82) is 0 Å². The van der Waals surface area contributed by atoms with Crippen LogP contribution in [-0.4, -0.2) is 29.8 Å². The molecule has 2 unspecified atom stereocenters. The minimum absolute atomic E-state index is 0.311. The summed E-state index contributed by atoms with van der Waals surface area (Å²) in [5.41, 5.74) is 0. The molecule has 0 spiro atoms. The third kappa shape index (κ3) is 3.49. The molecule has 0 saturated carbocycles. The molecule has 2 nitrogen and oxygen atoms in total. The van der Waals surface area contributed by atoms with Gasteiger partial charge in [0.2, 0.25) is 5.91 Å². The standard InChI is InChI=1S/C11H20ClNO/c1-9-3-4-11(14)13(6-5-9)8-10(2)7-12/h9-10H,3-8H2,1-2H3. The lowest BCUT2D eigenvalue weighted by Gasteiger charge is -2.23. The lowest BCUT2D eigenvalue weighted by molar-refractivity contribution is -0.131. The van der Waals surface area contributed by atoms with Gasteiger partial charge in [-0.05, 0) is 24.7 Å². The van der Waals surface area contributed by atoms with Crippen molar-refractivity contribution in [2.24, 2.45) is 11.8 Å². The first-order valence-corrected chi connectivity index (χ1v) is 6.00. The highest BCUT2D eigenvalue weighted by Gasteiger charge is 2.21. The van der Waals surface area contributed by atoms with Gasteiger partial charge < -0.3 is 4.90 Å². The molecular formula is C11H20ClNO. The molecule has 1 rings (SSSR count). The highest BCUT2D eigenvalue weighted by atomic mass is 35.5. The molecule has 1 fully saturated rings. The van der Waals surface area contributed by atoms with Crippen LogP contribution in [0.2, 0.25) is 0 Å². The normalized spacial score (nSPS) is 26.1. The van der Waals surface area contributed by atoms with E-state index in [0.29, 0.717) is 23.6 Å². The van der Waals surface area contributed by atoms with Gasteiger partial charge in [0.25, 0.3) is 0 Å². The van der Waals surface area contributed by atoms with Gasteiger partial charge in [-0.2, -0.15) is 0 Å². The number of carbonyl (C=O) groups excluding carboxylic acids is 1. The van der Waals surface area contributed by atoms with Crippen molar-refractivity contribution in [1.82, 2.24) is 4.90 Å². The van der Waals surface area contributed by atoms with Crippen LogP contribution in [0.25, 0.3) is 0 Å². The second-order valence-corrected chi connectivity index (χ2v) is 4.84. The number of hydrogen-bond donors (Lipinski definition) is 0. The molecule has 3 heteroatoms. The molecule has 0 bridgehead atoms. The topological polar surface area (TPSA) is 20.3 Å². The van der Waals surface area contributed by atoms with Crippen molar-refractivity contribution in [3.63, 3.8) is 0 Å². The largest absolute Gasteiger partial charge is 0.342 e. The van der Waals surface area contributed by atoms with Crippen LogP contribution in [0.3, 0.4) is 0 Å². The fraction of sp³-hybridized carbons (Fsp3) is 0.909. The second-order valence-electron chi connectivity index (χ2n) is 4.53. The zero-order valence-corrected chi connectivity index (χ0v) is 9.89. The molecule has 1 saturated heterocycles. The Morgan fingerprint density at radius 2 is 2.29 bits per heavy atom. The number of halogens is 1. The van der Waals surface area contributed by atoms with Gasteiger partial charge in [-0.15, -0.1) is 11.6 Å². The van der Waals surface area contributed by atoms with Gasteiger partial charge in [0.05, 0.1) is 0 Å². The first-order valence-electron chi connectivity index (χ1n) is 5.47. The van der Waals surface area contributed by atoms with Crippen LogP contribution in [0, 0.1) is 11.8 Å². The monoisotopic (exact) mass is 217 g/mol. The number of amides is 1. The summed E-state index contributed by atoms with van der Waals surface area (Å²) in [7, 11) is 0. The molecule has 1 aliphatic rings. The van der Waals surface area contributed by atoms with E-state index in [1.54, 1.807) is 0 Å². The van der Waals surface area contributed by atoms with E-state index in [4.69, 9.17) is 11.6 Å². The van der Waals surface area contributed by atoms with Crippen molar-refractivity contribution in [3.05, 3.63) is 0 Å².